The van der Waals surface area contributed by atoms with Gasteiger partial charge >= 0.3 is 0 Å². The van der Waals surface area contributed by atoms with Crippen LogP contribution < -0.4 is 10.9 Å². The molecule has 0 spiro atoms. The summed E-state index contributed by atoms with van der Waals surface area (Å²) in [6, 6.07) is 9.20. The average molecular weight is 414 g/mol. The zero-order chi connectivity index (χ0) is 21.1. The molecule has 0 fully saturated rings. The van der Waals surface area contributed by atoms with Crippen LogP contribution in [0.3, 0.4) is 0 Å². The van der Waals surface area contributed by atoms with Crippen LogP contribution in [0.4, 0.5) is 0 Å². The van der Waals surface area contributed by atoms with Gasteiger partial charge in [-0.05, 0) is 44.9 Å². The molecule has 0 saturated carbocycles. The Morgan fingerprint density at radius 3 is 2.55 bits per heavy atom. The van der Waals surface area contributed by atoms with Crippen molar-refractivity contribution >= 4 is 17.5 Å². The van der Waals surface area contributed by atoms with E-state index in [1.54, 1.807) is 17.7 Å². The van der Waals surface area contributed by atoms with Crippen LogP contribution in [-0.4, -0.2) is 25.2 Å². The Bertz CT molecular complexity index is 1120. The first-order valence-corrected chi connectivity index (χ1v) is 9.83. The molecule has 152 valence electrons. The van der Waals surface area contributed by atoms with Crippen molar-refractivity contribution in [2.45, 2.75) is 47.2 Å². The van der Waals surface area contributed by atoms with E-state index in [-0.39, 0.29) is 24.6 Å². The molecular formula is C21H24ClN5O2. The van der Waals surface area contributed by atoms with Gasteiger partial charge in [-0.2, -0.15) is 5.10 Å². The molecule has 0 saturated heterocycles. The van der Waals surface area contributed by atoms with E-state index in [1.807, 2.05) is 45.0 Å². The van der Waals surface area contributed by atoms with Gasteiger partial charge in [0.15, 0.2) is 0 Å². The lowest BCUT2D eigenvalue weighted by Gasteiger charge is -2.16. The summed E-state index contributed by atoms with van der Waals surface area (Å²) in [6.07, 6.45) is 0.538. The van der Waals surface area contributed by atoms with Gasteiger partial charge in [-0.3, -0.25) is 14.2 Å². The summed E-state index contributed by atoms with van der Waals surface area (Å²) in [5.74, 6) is 0.0331. The fraction of sp³-hybridized carbons (Fsp3) is 0.333. The molecule has 0 aliphatic rings. The van der Waals surface area contributed by atoms with Crippen molar-refractivity contribution in [1.29, 1.82) is 0 Å². The molecule has 1 N–H and O–H groups in total. The van der Waals surface area contributed by atoms with E-state index in [1.165, 1.54) is 4.57 Å². The highest BCUT2D eigenvalue weighted by Crippen LogP contribution is 2.15. The summed E-state index contributed by atoms with van der Waals surface area (Å²) in [6.45, 7) is 7.58. The molecular weight excluding hydrogens is 390 g/mol. The maximum absolute atomic E-state index is 13.1. The third kappa shape index (κ3) is 4.40. The highest BCUT2D eigenvalue weighted by molar-refractivity contribution is 6.31. The lowest BCUT2D eigenvalue weighted by molar-refractivity contribution is -0.121. The molecule has 1 aromatic carbocycles. The highest BCUT2D eigenvalue weighted by atomic mass is 35.5. The van der Waals surface area contributed by atoms with E-state index in [2.05, 4.69) is 15.4 Å². The largest absolute Gasteiger partial charge is 0.350 e. The fourth-order valence-electron chi connectivity index (χ4n) is 3.26. The van der Waals surface area contributed by atoms with Gasteiger partial charge in [-0.15, -0.1) is 0 Å². The van der Waals surface area contributed by atoms with Gasteiger partial charge in [0.2, 0.25) is 11.9 Å². The van der Waals surface area contributed by atoms with E-state index in [0.29, 0.717) is 28.6 Å². The number of carbonyl (C=O) groups excluding carboxylic acids is 1. The number of rotatable bonds is 6. The first-order chi connectivity index (χ1) is 13.8. The molecule has 0 radical (unpaired) electrons. The minimum atomic E-state index is -0.303. The van der Waals surface area contributed by atoms with Crippen molar-refractivity contribution in [3.05, 3.63) is 73.9 Å². The molecule has 0 atom stereocenters. The van der Waals surface area contributed by atoms with E-state index in [4.69, 9.17) is 11.6 Å². The van der Waals surface area contributed by atoms with Gasteiger partial charge in [0.25, 0.3) is 5.56 Å². The molecule has 29 heavy (non-hydrogen) atoms. The molecule has 0 aliphatic heterocycles. The van der Waals surface area contributed by atoms with Crippen LogP contribution in [0.25, 0.3) is 5.95 Å². The van der Waals surface area contributed by atoms with Crippen molar-refractivity contribution in [2.75, 3.05) is 0 Å². The Kier molecular flexibility index (Phi) is 6.17. The molecule has 2 aromatic heterocycles. The number of hydrogen-bond acceptors (Lipinski definition) is 4. The zero-order valence-corrected chi connectivity index (χ0v) is 17.7. The summed E-state index contributed by atoms with van der Waals surface area (Å²) < 4.78 is 2.98. The predicted octanol–water partition coefficient (Wildman–Crippen LogP) is 2.89. The topological polar surface area (TPSA) is 81.8 Å². The highest BCUT2D eigenvalue weighted by Gasteiger charge is 2.19. The van der Waals surface area contributed by atoms with Gasteiger partial charge in [0, 0.05) is 22.8 Å². The normalized spacial score (nSPS) is 10.9. The number of aromatic nitrogens is 4. The number of aryl methyl sites for hydroxylation is 3. The van der Waals surface area contributed by atoms with Crippen molar-refractivity contribution in [1.82, 2.24) is 24.6 Å². The second kappa shape index (κ2) is 8.61. The van der Waals surface area contributed by atoms with Crippen molar-refractivity contribution in [3.63, 3.8) is 0 Å². The number of carbonyl (C=O) groups is 1. The van der Waals surface area contributed by atoms with Crippen LogP contribution in [0.15, 0.2) is 35.1 Å². The van der Waals surface area contributed by atoms with Crippen molar-refractivity contribution in [3.8, 4) is 5.95 Å². The molecule has 8 heteroatoms. The minimum absolute atomic E-state index is 0.156. The molecule has 1 amide bonds. The van der Waals surface area contributed by atoms with Crippen molar-refractivity contribution < 1.29 is 4.79 Å². The summed E-state index contributed by atoms with van der Waals surface area (Å²) in [4.78, 5) is 30.3. The molecule has 7 nitrogen and oxygen atoms in total. The Balaban J connectivity index is 1.94. The number of hydrogen-bond donors (Lipinski definition) is 1. The van der Waals surface area contributed by atoms with Gasteiger partial charge in [0.05, 0.1) is 11.4 Å². The number of benzene rings is 1. The summed E-state index contributed by atoms with van der Waals surface area (Å²) >= 11 is 6.15. The number of halogens is 1. The third-order valence-corrected chi connectivity index (χ3v) is 5.11. The second-order valence-electron chi connectivity index (χ2n) is 6.93. The molecule has 2 heterocycles. The molecule has 0 unspecified atom stereocenters. The predicted molar refractivity (Wildman–Crippen MR) is 113 cm³/mol. The lowest BCUT2D eigenvalue weighted by atomic mass is 10.2. The molecule has 3 rings (SSSR count). The first kappa shape index (κ1) is 20.8. The van der Waals surface area contributed by atoms with Gasteiger partial charge < -0.3 is 5.32 Å². The minimum Gasteiger partial charge on any atom is -0.350 e. The molecule has 0 bridgehead atoms. The van der Waals surface area contributed by atoms with E-state index in [0.717, 1.165) is 17.0 Å². The second-order valence-corrected chi connectivity index (χ2v) is 7.33. The average Bonchev–Trinajstić information content (AvgIpc) is 3.01. The van der Waals surface area contributed by atoms with Crippen LogP contribution in [0.2, 0.25) is 5.02 Å². The quantitative estimate of drug-likeness (QED) is 0.673. The Morgan fingerprint density at radius 1 is 1.21 bits per heavy atom. The number of amides is 1. The smallest absolute Gasteiger partial charge is 0.258 e. The lowest BCUT2D eigenvalue weighted by Crippen LogP contribution is -2.36. The van der Waals surface area contributed by atoms with Crippen LogP contribution in [0.1, 0.15) is 35.1 Å². The van der Waals surface area contributed by atoms with Crippen LogP contribution in [-0.2, 0) is 24.3 Å². The number of nitrogens with one attached hydrogen (secondary N) is 1. The van der Waals surface area contributed by atoms with E-state index in [9.17, 15) is 9.59 Å². The monoisotopic (exact) mass is 413 g/mol. The van der Waals surface area contributed by atoms with Gasteiger partial charge in [-0.25, -0.2) is 9.67 Å². The maximum Gasteiger partial charge on any atom is 0.258 e. The van der Waals surface area contributed by atoms with Gasteiger partial charge in [0.1, 0.15) is 6.54 Å². The summed E-state index contributed by atoms with van der Waals surface area (Å²) in [5.41, 5.74) is 3.47. The van der Waals surface area contributed by atoms with Crippen LogP contribution in [0, 0.1) is 20.8 Å². The van der Waals surface area contributed by atoms with E-state index >= 15 is 0 Å². The Labute approximate surface area is 174 Å². The fourth-order valence-corrected chi connectivity index (χ4v) is 3.47. The van der Waals surface area contributed by atoms with Crippen LogP contribution in [0.5, 0.6) is 0 Å². The van der Waals surface area contributed by atoms with Crippen LogP contribution >= 0.6 is 11.6 Å². The van der Waals surface area contributed by atoms with Crippen molar-refractivity contribution in [2.24, 2.45) is 0 Å². The SMILES string of the molecule is CCc1c(C)nc(-n2nc(C)cc2C)n(CC(=O)NCc2ccccc2Cl)c1=O. The number of nitrogens with zero attached hydrogens (tertiary/aromatic N) is 4. The third-order valence-electron chi connectivity index (χ3n) is 4.74. The molecule has 0 aliphatic carbocycles. The maximum atomic E-state index is 13.1. The first-order valence-electron chi connectivity index (χ1n) is 9.45. The zero-order valence-electron chi connectivity index (χ0n) is 17.0. The summed E-state index contributed by atoms with van der Waals surface area (Å²) in [7, 11) is 0. The molecule has 3 aromatic rings. The Hall–Kier alpha value is -2.93. The van der Waals surface area contributed by atoms with Gasteiger partial charge in [-0.1, -0.05) is 36.7 Å². The summed E-state index contributed by atoms with van der Waals surface area (Å²) in [5, 5.41) is 7.84. The standard InChI is InChI=1S/C21H24ClN5O2/c1-5-17-15(4)24-21(27-14(3)10-13(2)25-27)26(20(17)29)12-19(28)23-11-16-8-6-7-9-18(16)22/h6-10H,5,11-12H2,1-4H3,(H,23,28). The van der Waals surface area contributed by atoms with E-state index < -0.39 is 0 Å². The Morgan fingerprint density at radius 2 is 1.93 bits per heavy atom.